The summed E-state index contributed by atoms with van der Waals surface area (Å²) in [4.78, 5) is 0. The second-order valence-electron chi connectivity index (χ2n) is 1.72. The number of aromatic nitrogens is 5. The minimum absolute atomic E-state index is 0. The Balaban J connectivity index is 0.000000605. The molecule has 0 aromatic rings. The van der Waals surface area contributed by atoms with Gasteiger partial charge in [0.1, 0.15) is 5.69 Å². The molecule has 11 heavy (non-hydrogen) atoms. The summed E-state index contributed by atoms with van der Waals surface area (Å²) in [6, 6.07) is 3.50. The minimum Gasteiger partial charge on any atom is -0.157 e. The summed E-state index contributed by atoms with van der Waals surface area (Å²) in [7, 11) is 0. The number of rotatable bonds is 0. The van der Waals surface area contributed by atoms with Gasteiger partial charge in [0, 0.05) is 30.1 Å². The molecule has 0 spiro atoms. The van der Waals surface area contributed by atoms with Crippen LogP contribution >= 0.6 is 0 Å². The van der Waals surface area contributed by atoms with Gasteiger partial charge in [-0.2, -0.15) is 5.10 Å². The Morgan fingerprint density at radius 1 is 1.09 bits per heavy atom. The summed E-state index contributed by atoms with van der Waals surface area (Å²) in [5, 5.41) is 18.1. The smallest absolute Gasteiger partial charge is 0.157 e. The van der Waals surface area contributed by atoms with E-state index in [4.69, 9.17) is 0 Å². The van der Waals surface area contributed by atoms with Gasteiger partial charge >= 0.3 is 0 Å². The summed E-state index contributed by atoms with van der Waals surface area (Å²) in [5.41, 5.74) is 0.664. The van der Waals surface area contributed by atoms with Gasteiger partial charge in [-0.1, -0.05) is 0 Å². The van der Waals surface area contributed by atoms with Crippen molar-refractivity contribution in [3.8, 4) is 11.5 Å². The molecule has 0 saturated carbocycles. The Morgan fingerprint density at radius 2 is 2.00 bits per heavy atom. The number of hydrogen-bond acceptors (Lipinski definition) is 5. The normalized spacial score (nSPS) is 9.09. The third-order valence-corrected chi connectivity index (χ3v) is 1.08. The molecular formula is C5H3N5Sn. The van der Waals surface area contributed by atoms with E-state index in [1.165, 1.54) is 0 Å². The molecule has 0 atom stereocenters. The molecule has 0 unspecified atom stereocenters. The van der Waals surface area contributed by atoms with Crippen LogP contribution in [0.3, 0.4) is 0 Å². The van der Waals surface area contributed by atoms with Crippen LogP contribution in [0.25, 0.3) is 11.5 Å². The van der Waals surface area contributed by atoms with Gasteiger partial charge in [-0.25, -0.2) is 0 Å². The molecule has 0 fully saturated rings. The second-order valence-corrected chi connectivity index (χ2v) is 1.72. The Hall–Kier alpha value is -0.851. The molecular weight excluding hydrogens is 249 g/mol. The molecule has 0 aromatic heterocycles. The number of fused-ring (bicyclic) bond motifs is 1. The average molecular weight is 252 g/mol. The van der Waals surface area contributed by atoms with E-state index in [-0.39, 0.29) is 23.9 Å². The van der Waals surface area contributed by atoms with Crippen molar-refractivity contribution in [1.82, 2.24) is 25.6 Å². The van der Waals surface area contributed by atoms with Crippen molar-refractivity contribution in [3.05, 3.63) is 18.3 Å². The molecule has 0 amide bonds. The van der Waals surface area contributed by atoms with Crippen LogP contribution in [0.4, 0.5) is 0 Å². The van der Waals surface area contributed by atoms with Gasteiger partial charge in [0.25, 0.3) is 0 Å². The van der Waals surface area contributed by atoms with Gasteiger partial charge in [-0.05, 0) is 17.3 Å². The van der Waals surface area contributed by atoms with Gasteiger partial charge in [-0.3, -0.25) is 0 Å². The molecule has 0 N–H and O–H groups in total. The first-order valence-electron chi connectivity index (χ1n) is 2.73. The second kappa shape index (κ2) is 3.51. The first-order valence-corrected chi connectivity index (χ1v) is 2.73. The summed E-state index contributed by atoms with van der Waals surface area (Å²) >= 11 is 0. The Morgan fingerprint density at radius 3 is 2.91 bits per heavy atom. The molecule has 2 aliphatic rings. The van der Waals surface area contributed by atoms with E-state index in [1.807, 2.05) is 0 Å². The fraction of sp³-hybridized carbons (Fsp3) is 0. The topological polar surface area (TPSA) is 64.5 Å². The number of hydrogen-bond donors (Lipinski definition) is 0. The van der Waals surface area contributed by atoms with Gasteiger partial charge in [0.2, 0.25) is 5.82 Å². The molecule has 0 saturated heterocycles. The van der Waals surface area contributed by atoms with Crippen molar-refractivity contribution in [1.29, 1.82) is 0 Å². The maximum absolute atomic E-state index is 3.72. The molecule has 0 aromatic carbocycles. The van der Waals surface area contributed by atoms with Gasteiger partial charge in [0.05, 0.1) is 0 Å². The minimum atomic E-state index is 0. The summed E-state index contributed by atoms with van der Waals surface area (Å²) in [5.74, 6) is 0.477. The van der Waals surface area contributed by atoms with E-state index < -0.39 is 0 Å². The molecule has 0 bridgehead atoms. The summed E-state index contributed by atoms with van der Waals surface area (Å²) < 4.78 is 0. The van der Waals surface area contributed by atoms with Crippen molar-refractivity contribution >= 4 is 23.9 Å². The van der Waals surface area contributed by atoms with Crippen LogP contribution in [0.2, 0.25) is 0 Å². The van der Waals surface area contributed by atoms with Crippen molar-refractivity contribution < 1.29 is 0 Å². The van der Waals surface area contributed by atoms with E-state index in [1.54, 1.807) is 18.3 Å². The third-order valence-electron chi connectivity index (χ3n) is 1.08. The van der Waals surface area contributed by atoms with E-state index in [0.717, 1.165) is 0 Å². The van der Waals surface area contributed by atoms with E-state index in [0.29, 0.717) is 11.5 Å². The standard InChI is InChI=1S/C5H3N5.Sn/c1-2-4-5(8-6-3-1)9-10-7-4;/h1-3H;. The van der Waals surface area contributed by atoms with Crippen LogP contribution in [-0.4, -0.2) is 49.5 Å². The van der Waals surface area contributed by atoms with Gasteiger partial charge in [0.15, 0.2) is 0 Å². The molecule has 5 nitrogen and oxygen atoms in total. The van der Waals surface area contributed by atoms with Gasteiger partial charge in [-0.15, -0.1) is 15.3 Å². The van der Waals surface area contributed by atoms with E-state index in [9.17, 15) is 0 Å². The van der Waals surface area contributed by atoms with E-state index in [2.05, 4.69) is 25.6 Å². The fourth-order valence-corrected chi connectivity index (χ4v) is 0.649. The maximum atomic E-state index is 3.72. The first kappa shape index (κ1) is 8.25. The van der Waals surface area contributed by atoms with Gasteiger partial charge < -0.3 is 0 Å². The fourth-order valence-electron chi connectivity index (χ4n) is 0.649. The Kier molecular flexibility index (Phi) is 2.63. The SMILES string of the molecule is [Sn].c1cnnc2nnnc-2c1. The Labute approximate surface area is 79.5 Å². The zero-order valence-electron chi connectivity index (χ0n) is 5.47. The zero-order valence-corrected chi connectivity index (χ0v) is 8.32. The molecule has 2 rings (SSSR count). The number of nitrogens with zero attached hydrogens (tertiary/aromatic N) is 5. The molecule has 6 heteroatoms. The van der Waals surface area contributed by atoms with Crippen molar-refractivity contribution in [2.24, 2.45) is 0 Å². The van der Waals surface area contributed by atoms with Crippen LogP contribution in [-0.2, 0) is 0 Å². The van der Waals surface area contributed by atoms with Crippen LogP contribution in [0, 0.1) is 0 Å². The summed E-state index contributed by atoms with van der Waals surface area (Å²) in [6.07, 6.45) is 1.57. The van der Waals surface area contributed by atoms with Crippen LogP contribution in [0.15, 0.2) is 18.3 Å². The van der Waals surface area contributed by atoms with Crippen molar-refractivity contribution in [2.75, 3.05) is 0 Å². The zero-order chi connectivity index (χ0) is 6.81. The quantitative estimate of drug-likeness (QED) is 0.585. The first-order chi connectivity index (χ1) is 4.97. The van der Waals surface area contributed by atoms with Crippen molar-refractivity contribution in [2.45, 2.75) is 0 Å². The summed E-state index contributed by atoms with van der Waals surface area (Å²) in [6.45, 7) is 0. The predicted octanol–water partition coefficient (Wildman–Crippen LogP) is -0.614. The third kappa shape index (κ3) is 1.59. The molecule has 2 aliphatic heterocycles. The molecule has 2 heterocycles. The Bertz CT molecular complexity index is 286. The predicted molar refractivity (Wildman–Crippen MR) is 37.8 cm³/mol. The van der Waals surface area contributed by atoms with Crippen LogP contribution in [0.5, 0.6) is 0 Å². The molecule has 0 aliphatic carbocycles. The molecule has 4 radical (unpaired) electrons. The average Bonchev–Trinajstić information content (AvgIpc) is 2.28. The maximum Gasteiger partial charge on any atom is 0.225 e. The van der Waals surface area contributed by atoms with Crippen LogP contribution < -0.4 is 0 Å². The van der Waals surface area contributed by atoms with Crippen LogP contribution in [0.1, 0.15) is 0 Å². The largest absolute Gasteiger partial charge is 0.225 e. The monoisotopic (exact) mass is 253 g/mol. The van der Waals surface area contributed by atoms with E-state index >= 15 is 0 Å². The molecule has 52 valence electrons. The van der Waals surface area contributed by atoms with Crippen molar-refractivity contribution in [3.63, 3.8) is 0 Å².